The molecule has 0 aliphatic rings. The van der Waals surface area contributed by atoms with Gasteiger partial charge in [0.2, 0.25) is 0 Å². The van der Waals surface area contributed by atoms with Crippen LogP contribution in [0.15, 0.2) is 0 Å². The number of thiocarbonyl (C=S) groups is 1. The Morgan fingerprint density at radius 3 is 1.52 bits per heavy atom. The summed E-state index contributed by atoms with van der Waals surface area (Å²) < 4.78 is 5.57. The Kier molecular flexibility index (Phi) is 17.8. The van der Waals surface area contributed by atoms with Gasteiger partial charge in [-0.2, -0.15) is 0 Å². The fourth-order valence-corrected chi connectivity index (χ4v) is 2.75. The molecule has 2 heteroatoms. The highest BCUT2D eigenvalue weighted by molar-refractivity contribution is 7.80. The molecule has 21 heavy (non-hydrogen) atoms. The van der Waals surface area contributed by atoms with Gasteiger partial charge < -0.3 is 4.74 Å². The second-order valence-electron chi connectivity index (χ2n) is 6.21. The van der Waals surface area contributed by atoms with Gasteiger partial charge in [-0.05, 0) is 25.1 Å². The minimum Gasteiger partial charge on any atom is -0.487 e. The molecule has 0 saturated carbocycles. The van der Waals surface area contributed by atoms with Crippen LogP contribution in [0.1, 0.15) is 110 Å². The number of ether oxygens (including phenoxy) is 1. The molecule has 0 atom stereocenters. The lowest BCUT2D eigenvalue weighted by Gasteiger charge is -2.07. The largest absolute Gasteiger partial charge is 0.487 e. The summed E-state index contributed by atoms with van der Waals surface area (Å²) in [5, 5.41) is 0.819. The number of hydrogen-bond donors (Lipinski definition) is 0. The molecule has 0 aliphatic heterocycles. The van der Waals surface area contributed by atoms with Crippen LogP contribution in [-0.4, -0.2) is 11.7 Å². The highest BCUT2D eigenvalue weighted by Gasteiger charge is 1.97. The third-order valence-corrected chi connectivity index (χ3v) is 4.32. The first-order valence-corrected chi connectivity index (χ1v) is 9.87. The van der Waals surface area contributed by atoms with Crippen molar-refractivity contribution in [1.82, 2.24) is 0 Å². The van der Waals surface area contributed by atoms with E-state index in [-0.39, 0.29) is 0 Å². The normalized spacial score (nSPS) is 10.8. The molecule has 1 nitrogen and oxygen atoms in total. The maximum Gasteiger partial charge on any atom is 0.159 e. The first-order chi connectivity index (χ1) is 10.3. The van der Waals surface area contributed by atoms with Gasteiger partial charge in [-0.1, -0.05) is 90.9 Å². The fraction of sp³-hybridized carbons (Fsp3) is 0.947. The lowest BCUT2D eigenvalue weighted by atomic mass is 10.1. The molecule has 0 aliphatic carbocycles. The van der Waals surface area contributed by atoms with Crippen molar-refractivity contribution in [2.45, 2.75) is 110 Å². The van der Waals surface area contributed by atoms with E-state index in [4.69, 9.17) is 17.0 Å². The van der Waals surface area contributed by atoms with Gasteiger partial charge in [0.15, 0.2) is 5.05 Å². The van der Waals surface area contributed by atoms with E-state index < -0.39 is 0 Å². The molecule has 0 aromatic carbocycles. The summed E-state index contributed by atoms with van der Waals surface area (Å²) in [6, 6.07) is 0. The maximum absolute atomic E-state index is 5.57. The van der Waals surface area contributed by atoms with Gasteiger partial charge in [0, 0.05) is 6.42 Å². The summed E-state index contributed by atoms with van der Waals surface area (Å²) in [5.41, 5.74) is 0. The van der Waals surface area contributed by atoms with Crippen molar-refractivity contribution in [2.24, 2.45) is 0 Å². The summed E-state index contributed by atoms with van der Waals surface area (Å²) >= 11 is 5.18. The topological polar surface area (TPSA) is 9.23 Å². The second kappa shape index (κ2) is 17.9. The molecule has 0 spiro atoms. The van der Waals surface area contributed by atoms with E-state index in [2.05, 4.69) is 13.8 Å². The molecule has 0 N–H and O–H groups in total. The van der Waals surface area contributed by atoms with Gasteiger partial charge >= 0.3 is 0 Å². The summed E-state index contributed by atoms with van der Waals surface area (Å²) in [6.45, 7) is 5.30. The zero-order chi connectivity index (χ0) is 15.6. The Labute approximate surface area is 139 Å². The van der Waals surface area contributed by atoms with Crippen molar-refractivity contribution in [3.8, 4) is 0 Å². The number of rotatable bonds is 16. The van der Waals surface area contributed by atoms with Crippen LogP contribution in [-0.2, 0) is 4.74 Å². The van der Waals surface area contributed by atoms with Gasteiger partial charge in [-0.3, -0.25) is 0 Å². The average Bonchev–Trinajstić information content (AvgIpc) is 2.49. The van der Waals surface area contributed by atoms with Crippen LogP contribution >= 0.6 is 12.2 Å². The molecular weight excluding hydrogens is 276 g/mol. The highest BCUT2D eigenvalue weighted by atomic mass is 32.1. The second-order valence-corrected chi connectivity index (χ2v) is 6.67. The predicted molar refractivity (Wildman–Crippen MR) is 99.2 cm³/mol. The molecule has 0 aromatic rings. The minimum absolute atomic E-state index is 0.819. The van der Waals surface area contributed by atoms with Gasteiger partial charge in [-0.25, -0.2) is 0 Å². The van der Waals surface area contributed by atoms with Crippen molar-refractivity contribution in [3.05, 3.63) is 0 Å². The van der Waals surface area contributed by atoms with Gasteiger partial charge in [-0.15, -0.1) is 0 Å². The number of hydrogen-bond acceptors (Lipinski definition) is 2. The van der Waals surface area contributed by atoms with E-state index in [0.29, 0.717) is 0 Å². The summed E-state index contributed by atoms with van der Waals surface area (Å²) in [6.07, 6.45) is 20.0. The Balaban J connectivity index is 3.04. The molecule has 0 bridgehead atoms. The van der Waals surface area contributed by atoms with E-state index >= 15 is 0 Å². The van der Waals surface area contributed by atoms with Crippen LogP contribution < -0.4 is 0 Å². The van der Waals surface area contributed by atoms with Crippen molar-refractivity contribution < 1.29 is 4.74 Å². The molecule has 0 unspecified atom stereocenters. The summed E-state index contributed by atoms with van der Waals surface area (Å²) in [5.74, 6) is 0. The quantitative estimate of drug-likeness (QED) is 0.220. The number of unbranched alkanes of at least 4 members (excludes halogenated alkanes) is 12. The fourth-order valence-electron chi connectivity index (χ4n) is 2.52. The van der Waals surface area contributed by atoms with Gasteiger partial charge in [0.1, 0.15) is 0 Å². The van der Waals surface area contributed by atoms with E-state index in [9.17, 15) is 0 Å². The Hall–Kier alpha value is -0.110. The molecule has 0 saturated heterocycles. The Bertz CT molecular complexity index is 216. The van der Waals surface area contributed by atoms with Crippen molar-refractivity contribution >= 4 is 17.3 Å². The van der Waals surface area contributed by atoms with Crippen molar-refractivity contribution in [2.75, 3.05) is 6.61 Å². The molecule has 0 rings (SSSR count). The van der Waals surface area contributed by atoms with E-state index in [1.54, 1.807) is 0 Å². The van der Waals surface area contributed by atoms with Crippen molar-refractivity contribution in [3.63, 3.8) is 0 Å². The van der Waals surface area contributed by atoms with Gasteiger partial charge in [0.05, 0.1) is 6.61 Å². The first-order valence-electron chi connectivity index (χ1n) is 9.46. The van der Waals surface area contributed by atoms with Crippen LogP contribution in [0.4, 0.5) is 0 Å². The van der Waals surface area contributed by atoms with Crippen LogP contribution in [0, 0.1) is 0 Å². The van der Waals surface area contributed by atoms with E-state index in [1.165, 1.54) is 83.5 Å². The molecule has 0 aromatic heterocycles. The zero-order valence-electron chi connectivity index (χ0n) is 14.6. The van der Waals surface area contributed by atoms with Crippen LogP contribution in [0.25, 0.3) is 0 Å². The van der Waals surface area contributed by atoms with Crippen LogP contribution in [0.5, 0.6) is 0 Å². The van der Waals surface area contributed by atoms with E-state index in [0.717, 1.165) is 24.5 Å². The third kappa shape index (κ3) is 17.8. The first kappa shape index (κ1) is 20.9. The minimum atomic E-state index is 0.819. The molecule has 126 valence electrons. The Morgan fingerprint density at radius 2 is 1.05 bits per heavy atom. The zero-order valence-corrected chi connectivity index (χ0v) is 15.4. The molecular formula is C19H38OS. The molecule has 0 heterocycles. The smallest absolute Gasteiger partial charge is 0.159 e. The monoisotopic (exact) mass is 314 g/mol. The Morgan fingerprint density at radius 1 is 0.619 bits per heavy atom. The molecule has 0 fully saturated rings. The highest BCUT2D eigenvalue weighted by Crippen LogP contribution is 2.12. The lowest BCUT2D eigenvalue weighted by Crippen LogP contribution is -2.03. The third-order valence-electron chi connectivity index (χ3n) is 4.00. The summed E-state index contributed by atoms with van der Waals surface area (Å²) in [7, 11) is 0. The molecule has 0 radical (unpaired) electrons. The van der Waals surface area contributed by atoms with Gasteiger partial charge in [0.25, 0.3) is 0 Å². The molecule has 0 amide bonds. The van der Waals surface area contributed by atoms with Crippen molar-refractivity contribution in [1.29, 1.82) is 0 Å². The SMILES string of the molecule is CCCCCCCCCCCCCCOC(=S)CCCC. The van der Waals surface area contributed by atoms with E-state index in [1.807, 2.05) is 0 Å². The predicted octanol–water partition coefficient (Wildman–Crippen LogP) is 7.22. The average molecular weight is 315 g/mol. The summed E-state index contributed by atoms with van der Waals surface area (Å²) in [4.78, 5) is 0. The maximum atomic E-state index is 5.57. The lowest BCUT2D eigenvalue weighted by molar-refractivity contribution is 0.291. The van der Waals surface area contributed by atoms with Crippen LogP contribution in [0.3, 0.4) is 0 Å². The van der Waals surface area contributed by atoms with Crippen LogP contribution in [0.2, 0.25) is 0 Å². The standard InChI is InChI=1S/C19H38OS/c1-3-5-7-8-9-10-11-12-13-14-15-16-18-20-19(21)17-6-4-2/h3-18H2,1-2H3.